The number of rotatable bonds is 0. The molecular weight excluding hydrogens is 316 g/mol. The molecule has 0 aromatic rings. The Hall–Kier alpha value is -0.930. The Morgan fingerprint density at radius 3 is 2.46 bits per heavy atom. The summed E-state index contributed by atoms with van der Waals surface area (Å²) >= 11 is 0. The maximum atomic E-state index is 11.6. The SMILES string of the molecule is C.CC(C)(C)OC(=O)N1CCOCC(O)C1.OC1CNCCOC1. The van der Waals surface area contributed by atoms with Gasteiger partial charge in [-0.25, -0.2) is 4.79 Å². The van der Waals surface area contributed by atoms with Gasteiger partial charge in [0.15, 0.2) is 0 Å². The molecule has 2 rings (SSSR count). The fraction of sp³-hybridized carbons (Fsp3) is 0.938. The number of aliphatic hydroxyl groups excluding tert-OH is 2. The van der Waals surface area contributed by atoms with Crippen LogP contribution in [0.5, 0.6) is 0 Å². The highest BCUT2D eigenvalue weighted by Gasteiger charge is 2.25. The molecule has 8 nitrogen and oxygen atoms in total. The van der Waals surface area contributed by atoms with Crippen LogP contribution in [0.4, 0.5) is 4.79 Å². The van der Waals surface area contributed by atoms with Crippen LogP contribution in [0.1, 0.15) is 28.2 Å². The van der Waals surface area contributed by atoms with E-state index in [1.807, 2.05) is 20.8 Å². The Morgan fingerprint density at radius 2 is 1.79 bits per heavy atom. The Labute approximate surface area is 145 Å². The van der Waals surface area contributed by atoms with Gasteiger partial charge in [0.1, 0.15) is 5.60 Å². The topological polar surface area (TPSA) is 100 Å². The van der Waals surface area contributed by atoms with Crippen molar-refractivity contribution in [1.29, 1.82) is 0 Å². The number of nitrogens with one attached hydrogen (secondary N) is 1. The van der Waals surface area contributed by atoms with Gasteiger partial charge < -0.3 is 34.6 Å². The zero-order valence-electron chi connectivity index (χ0n) is 14.3. The highest BCUT2D eigenvalue weighted by Crippen LogP contribution is 2.11. The third-order valence-electron chi connectivity index (χ3n) is 3.01. The molecule has 2 aliphatic rings. The van der Waals surface area contributed by atoms with E-state index in [4.69, 9.17) is 19.3 Å². The molecule has 24 heavy (non-hydrogen) atoms. The smallest absolute Gasteiger partial charge is 0.410 e. The molecule has 2 heterocycles. The highest BCUT2D eigenvalue weighted by atomic mass is 16.6. The molecule has 1 amide bonds. The predicted molar refractivity (Wildman–Crippen MR) is 91.1 cm³/mol. The Balaban J connectivity index is 0.000000498. The second-order valence-electron chi connectivity index (χ2n) is 6.59. The molecule has 2 aliphatic heterocycles. The summed E-state index contributed by atoms with van der Waals surface area (Å²) in [7, 11) is 0. The van der Waals surface area contributed by atoms with Crippen molar-refractivity contribution in [2.24, 2.45) is 0 Å². The number of carbonyl (C=O) groups is 1. The second kappa shape index (κ2) is 11.6. The first-order chi connectivity index (χ1) is 10.8. The molecule has 2 fully saturated rings. The number of ether oxygens (including phenoxy) is 3. The van der Waals surface area contributed by atoms with Crippen LogP contribution in [0, 0.1) is 0 Å². The van der Waals surface area contributed by atoms with Crippen LogP contribution < -0.4 is 5.32 Å². The van der Waals surface area contributed by atoms with Gasteiger partial charge in [0, 0.05) is 19.6 Å². The van der Waals surface area contributed by atoms with Crippen molar-refractivity contribution in [3.63, 3.8) is 0 Å². The lowest BCUT2D eigenvalue weighted by molar-refractivity contribution is 0.0181. The first kappa shape index (κ1) is 23.1. The van der Waals surface area contributed by atoms with Crippen molar-refractivity contribution >= 4 is 6.09 Å². The van der Waals surface area contributed by atoms with Crippen molar-refractivity contribution < 1.29 is 29.2 Å². The van der Waals surface area contributed by atoms with E-state index < -0.39 is 17.8 Å². The van der Waals surface area contributed by atoms with Gasteiger partial charge in [0.05, 0.1) is 45.2 Å². The lowest BCUT2D eigenvalue weighted by atomic mass is 10.2. The van der Waals surface area contributed by atoms with E-state index in [1.54, 1.807) is 0 Å². The van der Waals surface area contributed by atoms with Crippen molar-refractivity contribution in [2.75, 3.05) is 52.6 Å². The molecule has 0 aromatic heterocycles. The summed E-state index contributed by atoms with van der Waals surface area (Å²) in [6, 6.07) is 0. The standard InChI is InChI=1S/C10H19NO4.C5H11NO2.CH4/c1-10(2,3)15-9(13)11-4-5-14-7-8(12)6-11;7-5-3-6-1-2-8-4-5;/h8,12H,4-7H2,1-3H3;5-7H,1-4H2;1H4. The van der Waals surface area contributed by atoms with Gasteiger partial charge in [0.25, 0.3) is 0 Å². The molecule has 2 saturated heterocycles. The molecule has 0 bridgehead atoms. The third-order valence-corrected chi connectivity index (χ3v) is 3.01. The lowest BCUT2D eigenvalue weighted by Gasteiger charge is -2.26. The van der Waals surface area contributed by atoms with E-state index in [9.17, 15) is 9.90 Å². The summed E-state index contributed by atoms with van der Waals surface area (Å²) in [5, 5.41) is 21.4. The number of nitrogens with zero attached hydrogens (tertiary/aromatic N) is 1. The molecule has 8 heteroatoms. The summed E-state index contributed by atoms with van der Waals surface area (Å²) in [5.74, 6) is 0. The molecule has 0 aromatic carbocycles. The van der Waals surface area contributed by atoms with Gasteiger partial charge in [-0.1, -0.05) is 7.43 Å². The minimum absolute atomic E-state index is 0. The summed E-state index contributed by atoms with van der Waals surface area (Å²) in [5.41, 5.74) is -0.505. The van der Waals surface area contributed by atoms with Crippen LogP contribution in [0.2, 0.25) is 0 Å². The largest absolute Gasteiger partial charge is 0.444 e. The first-order valence-corrected chi connectivity index (χ1v) is 7.98. The summed E-state index contributed by atoms with van der Waals surface area (Å²) in [6.07, 6.45) is -1.33. The number of hydrogen-bond acceptors (Lipinski definition) is 7. The zero-order valence-corrected chi connectivity index (χ0v) is 14.3. The Kier molecular flexibility index (Phi) is 11.1. The molecule has 3 N–H and O–H groups in total. The zero-order chi connectivity index (χ0) is 17.3. The van der Waals surface area contributed by atoms with Gasteiger partial charge in [-0.05, 0) is 20.8 Å². The quantitative estimate of drug-likeness (QED) is 0.574. The van der Waals surface area contributed by atoms with E-state index >= 15 is 0 Å². The van der Waals surface area contributed by atoms with E-state index in [1.165, 1.54) is 4.90 Å². The average molecular weight is 350 g/mol. The number of hydrogen-bond donors (Lipinski definition) is 3. The van der Waals surface area contributed by atoms with Crippen LogP contribution in [-0.4, -0.2) is 91.6 Å². The van der Waals surface area contributed by atoms with Crippen LogP contribution in [0.3, 0.4) is 0 Å². The van der Waals surface area contributed by atoms with E-state index in [0.717, 1.165) is 13.2 Å². The maximum absolute atomic E-state index is 11.6. The Bertz CT molecular complexity index is 340. The fourth-order valence-electron chi connectivity index (χ4n) is 1.98. The number of carbonyl (C=O) groups excluding carboxylic acids is 1. The second-order valence-corrected chi connectivity index (χ2v) is 6.59. The molecule has 0 spiro atoms. The van der Waals surface area contributed by atoms with Gasteiger partial charge in [-0.3, -0.25) is 0 Å². The van der Waals surface area contributed by atoms with Crippen LogP contribution in [-0.2, 0) is 14.2 Å². The summed E-state index contributed by atoms with van der Waals surface area (Å²) in [6.45, 7) is 9.62. The molecule has 0 radical (unpaired) electrons. The maximum Gasteiger partial charge on any atom is 0.410 e. The van der Waals surface area contributed by atoms with E-state index in [0.29, 0.717) is 26.3 Å². The molecule has 2 atom stereocenters. The van der Waals surface area contributed by atoms with Crippen LogP contribution in [0.25, 0.3) is 0 Å². The fourth-order valence-corrected chi connectivity index (χ4v) is 1.98. The predicted octanol–water partition coefficient (Wildman–Crippen LogP) is 0.218. The van der Waals surface area contributed by atoms with Gasteiger partial charge in [0.2, 0.25) is 0 Å². The van der Waals surface area contributed by atoms with Crippen molar-refractivity contribution in [1.82, 2.24) is 10.2 Å². The highest BCUT2D eigenvalue weighted by molar-refractivity contribution is 5.68. The average Bonchev–Trinajstić information content (AvgIpc) is 2.80. The Morgan fingerprint density at radius 1 is 1.17 bits per heavy atom. The van der Waals surface area contributed by atoms with Gasteiger partial charge in [-0.2, -0.15) is 0 Å². The van der Waals surface area contributed by atoms with E-state index in [2.05, 4.69) is 5.32 Å². The van der Waals surface area contributed by atoms with Crippen molar-refractivity contribution in [3.05, 3.63) is 0 Å². The van der Waals surface area contributed by atoms with E-state index in [-0.39, 0.29) is 26.7 Å². The number of β-amino-alcohol motifs (C(OH)–C–C–N with tert-alkyl or cyclic N) is 2. The van der Waals surface area contributed by atoms with Crippen LogP contribution in [0.15, 0.2) is 0 Å². The van der Waals surface area contributed by atoms with Gasteiger partial charge >= 0.3 is 6.09 Å². The number of amides is 1. The van der Waals surface area contributed by atoms with Crippen molar-refractivity contribution in [3.8, 4) is 0 Å². The van der Waals surface area contributed by atoms with Crippen LogP contribution >= 0.6 is 0 Å². The molecule has 0 aliphatic carbocycles. The summed E-state index contributed by atoms with van der Waals surface area (Å²) in [4.78, 5) is 13.1. The monoisotopic (exact) mass is 350 g/mol. The molecule has 0 saturated carbocycles. The van der Waals surface area contributed by atoms with Gasteiger partial charge in [-0.15, -0.1) is 0 Å². The molecule has 144 valence electrons. The molecular formula is C16H34N2O6. The minimum atomic E-state index is -0.625. The lowest BCUT2D eigenvalue weighted by Crippen LogP contribution is -2.41. The normalized spacial score (nSPS) is 25.3. The van der Waals surface area contributed by atoms with Crippen molar-refractivity contribution in [2.45, 2.75) is 46.0 Å². The number of aliphatic hydroxyl groups is 2. The first-order valence-electron chi connectivity index (χ1n) is 7.98. The minimum Gasteiger partial charge on any atom is -0.444 e. The molecule has 2 unspecified atom stereocenters. The third kappa shape index (κ3) is 10.8. The summed E-state index contributed by atoms with van der Waals surface area (Å²) < 4.78 is 15.3.